The van der Waals surface area contributed by atoms with Crippen molar-refractivity contribution in [3.05, 3.63) is 0 Å². The number of carbonyl (C=O) groups excluding carboxylic acids is 1. The van der Waals surface area contributed by atoms with E-state index in [0.717, 1.165) is 19.1 Å². The Morgan fingerprint density at radius 2 is 2.07 bits per heavy atom. The molecule has 0 heterocycles. The Labute approximate surface area is 85.5 Å². The third-order valence-corrected chi connectivity index (χ3v) is 2.80. The van der Waals surface area contributed by atoms with E-state index < -0.39 is 5.97 Å². The number of aliphatic carboxylic acids is 1. The summed E-state index contributed by atoms with van der Waals surface area (Å²) in [6.45, 7) is 6.14. The fourth-order valence-corrected chi connectivity index (χ4v) is 1.85. The molecule has 0 aromatic heterocycles. The molecule has 14 heavy (non-hydrogen) atoms. The lowest BCUT2D eigenvalue weighted by molar-refractivity contribution is -0.139. The third-order valence-electron chi connectivity index (χ3n) is 2.80. The van der Waals surface area contributed by atoms with Gasteiger partial charge in [-0.3, -0.25) is 4.79 Å². The Bertz CT molecular complexity index is 197. The molecule has 0 amide bonds. The lowest BCUT2D eigenvalue weighted by Crippen LogP contribution is -2.26. The molecule has 3 nitrogen and oxygen atoms in total. The summed E-state index contributed by atoms with van der Waals surface area (Å²) in [5.41, 5.74) is -0.0615. The standard InChI is InChI=1S/C11H20O3/c1-4-6-11(2,3)9(5-7-12)8-10(13)14/h7,9H,4-6,8H2,1-3H3,(H,13,14). The summed E-state index contributed by atoms with van der Waals surface area (Å²) in [5, 5.41) is 8.73. The van der Waals surface area contributed by atoms with Gasteiger partial charge in [0.05, 0.1) is 0 Å². The van der Waals surface area contributed by atoms with Crippen molar-refractivity contribution >= 4 is 12.3 Å². The molecule has 1 atom stereocenters. The predicted molar refractivity (Wildman–Crippen MR) is 55.1 cm³/mol. The van der Waals surface area contributed by atoms with Gasteiger partial charge in [0.1, 0.15) is 6.29 Å². The summed E-state index contributed by atoms with van der Waals surface area (Å²) in [4.78, 5) is 21.1. The summed E-state index contributed by atoms with van der Waals surface area (Å²) in [6, 6.07) is 0. The fraction of sp³-hybridized carbons (Fsp3) is 0.818. The minimum atomic E-state index is -0.818. The molecule has 0 bridgehead atoms. The molecule has 0 spiro atoms. The van der Waals surface area contributed by atoms with Crippen LogP contribution in [-0.4, -0.2) is 17.4 Å². The van der Waals surface area contributed by atoms with Crippen molar-refractivity contribution in [1.29, 1.82) is 0 Å². The lowest BCUT2D eigenvalue weighted by atomic mass is 9.72. The van der Waals surface area contributed by atoms with Crippen LogP contribution in [0.4, 0.5) is 0 Å². The van der Waals surface area contributed by atoms with Crippen molar-refractivity contribution in [3.8, 4) is 0 Å². The minimum absolute atomic E-state index is 0.0440. The summed E-state index contributed by atoms with van der Waals surface area (Å²) in [7, 11) is 0. The van der Waals surface area contributed by atoms with Crippen LogP contribution in [0.5, 0.6) is 0 Å². The quantitative estimate of drug-likeness (QED) is 0.642. The van der Waals surface area contributed by atoms with E-state index in [0.29, 0.717) is 6.42 Å². The maximum Gasteiger partial charge on any atom is 0.303 e. The van der Waals surface area contributed by atoms with Crippen LogP contribution in [0.25, 0.3) is 0 Å². The molecule has 0 fully saturated rings. The van der Waals surface area contributed by atoms with Crippen LogP contribution < -0.4 is 0 Å². The SMILES string of the molecule is CCCC(C)(C)C(CC=O)CC(=O)O. The zero-order valence-corrected chi connectivity index (χ0v) is 9.25. The highest BCUT2D eigenvalue weighted by atomic mass is 16.4. The molecule has 0 aliphatic rings. The van der Waals surface area contributed by atoms with Crippen LogP contribution in [-0.2, 0) is 9.59 Å². The van der Waals surface area contributed by atoms with Gasteiger partial charge in [-0.15, -0.1) is 0 Å². The average molecular weight is 200 g/mol. The first-order chi connectivity index (χ1) is 6.44. The van der Waals surface area contributed by atoms with Gasteiger partial charge in [0.25, 0.3) is 0 Å². The molecular weight excluding hydrogens is 180 g/mol. The van der Waals surface area contributed by atoms with Crippen molar-refractivity contribution in [2.75, 3.05) is 0 Å². The van der Waals surface area contributed by atoms with Crippen LogP contribution >= 0.6 is 0 Å². The lowest BCUT2D eigenvalue weighted by Gasteiger charge is -2.32. The van der Waals surface area contributed by atoms with E-state index in [1.165, 1.54) is 0 Å². The van der Waals surface area contributed by atoms with Crippen LogP contribution in [0.1, 0.15) is 46.5 Å². The monoisotopic (exact) mass is 200 g/mol. The van der Waals surface area contributed by atoms with Gasteiger partial charge in [-0.1, -0.05) is 27.2 Å². The maximum absolute atomic E-state index is 10.6. The summed E-state index contributed by atoms with van der Waals surface area (Å²) >= 11 is 0. The number of aldehydes is 1. The van der Waals surface area contributed by atoms with Gasteiger partial charge in [-0.05, 0) is 17.8 Å². The Morgan fingerprint density at radius 1 is 1.50 bits per heavy atom. The predicted octanol–water partition coefficient (Wildman–Crippen LogP) is 2.49. The molecule has 82 valence electrons. The molecule has 0 aromatic carbocycles. The van der Waals surface area contributed by atoms with E-state index in [1.54, 1.807) is 0 Å². The highest BCUT2D eigenvalue weighted by molar-refractivity contribution is 5.67. The van der Waals surface area contributed by atoms with Crippen LogP contribution in [0.2, 0.25) is 0 Å². The molecule has 0 radical (unpaired) electrons. The maximum atomic E-state index is 10.6. The molecule has 1 unspecified atom stereocenters. The van der Waals surface area contributed by atoms with E-state index in [-0.39, 0.29) is 17.8 Å². The van der Waals surface area contributed by atoms with Crippen molar-refractivity contribution in [2.24, 2.45) is 11.3 Å². The average Bonchev–Trinajstić information content (AvgIpc) is 2.02. The first-order valence-corrected chi connectivity index (χ1v) is 5.09. The first-order valence-electron chi connectivity index (χ1n) is 5.09. The van der Waals surface area contributed by atoms with E-state index in [4.69, 9.17) is 5.11 Å². The van der Waals surface area contributed by atoms with Gasteiger partial charge < -0.3 is 9.90 Å². The summed E-state index contributed by atoms with van der Waals surface area (Å²) in [5.74, 6) is -0.863. The second-order valence-electron chi connectivity index (χ2n) is 4.44. The molecule has 0 aliphatic heterocycles. The Hall–Kier alpha value is -0.860. The molecule has 1 N–H and O–H groups in total. The van der Waals surface area contributed by atoms with Gasteiger partial charge in [-0.25, -0.2) is 0 Å². The number of carboxylic acid groups (broad SMARTS) is 1. The first kappa shape index (κ1) is 13.1. The van der Waals surface area contributed by atoms with Gasteiger partial charge in [0, 0.05) is 12.8 Å². The highest BCUT2D eigenvalue weighted by Crippen LogP contribution is 2.35. The highest BCUT2D eigenvalue weighted by Gasteiger charge is 2.29. The minimum Gasteiger partial charge on any atom is -0.481 e. The Kier molecular flexibility index (Phi) is 5.43. The van der Waals surface area contributed by atoms with Crippen LogP contribution in [0.15, 0.2) is 0 Å². The van der Waals surface area contributed by atoms with Crippen LogP contribution in [0.3, 0.4) is 0 Å². The van der Waals surface area contributed by atoms with Crippen molar-refractivity contribution in [1.82, 2.24) is 0 Å². The normalized spacial score (nSPS) is 13.6. The van der Waals surface area contributed by atoms with Crippen molar-refractivity contribution < 1.29 is 14.7 Å². The molecule has 3 heteroatoms. The second kappa shape index (κ2) is 5.78. The Balaban J connectivity index is 4.44. The second-order valence-corrected chi connectivity index (χ2v) is 4.44. The molecule has 0 aliphatic carbocycles. The molecule has 0 saturated carbocycles. The van der Waals surface area contributed by atoms with Gasteiger partial charge in [0.2, 0.25) is 0 Å². The zero-order valence-electron chi connectivity index (χ0n) is 9.25. The molecule has 0 aromatic rings. The van der Waals surface area contributed by atoms with Gasteiger partial charge >= 0.3 is 5.97 Å². The third kappa shape index (κ3) is 4.40. The fourth-order valence-electron chi connectivity index (χ4n) is 1.85. The van der Waals surface area contributed by atoms with E-state index >= 15 is 0 Å². The van der Waals surface area contributed by atoms with Gasteiger partial charge in [0.15, 0.2) is 0 Å². The molecular formula is C11H20O3. The molecule has 0 rings (SSSR count). The molecule has 0 saturated heterocycles. The van der Waals surface area contributed by atoms with E-state index in [2.05, 4.69) is 6.92 Å². The number of hydrogen-bond donors (Lipinski definition) is 1. The summed E-state index contributed by atoms with van der Waals surface area (Å²) in [6.07, 6.45) is 3.23. The zero-order chi connectivity index (χ0) is 11.2. The van der Waals surface area contributed by atoms with Crippen LogP contribution in [0, 0.1) is 11.3 Å². The van der Waals surface area contributed by atoms with Gasteiger partial charge in [-0.2, -0.15) is 0 Å². The largest absolute Gasteiger partial charge is 0.481 e. The number of carbonyl (C=O) groups is 2. The Morgan fingerprint density at radius 3 is 2.43 bits per heavy atom. The summed E-state index contributed by atoms with van der Waals surface area (Å²) < 4.78 is 0. The van der Waals surface area contributed by atoms with E-state index in [1.807, 2.05) is 13.8 Å². The van der Waals surface area contributed by atoms with Crippen molar-refractivity contribution in [2.45, 2.75) is 46.5 Å². The van der Waals surface area contributed by atoms with Crippen molar-refractivity contribution in [3.63, 3.8) is 0 Å². The number of hydrogen-bond acceptors (Lipinski definition) is 2. The topological polar surface area (TPSA) is 54.4 Å². The number of rotatable bonds is 7. The smallest absolute Gasteiger partial charge is 0.303 e. The number of carboxylic acids is 1. The van der Waals surface area contributed by atoms with E-state index in [9.17, 15) is 9.59 Å².